The van der Waals surface area contributed by atoms with Crippen molar-refractivity contribution in [3.8, 4) is 5.75 Å². The van der Waals surface area contributed by atoms with Crippen LogP contribution >= 0.6 is 11.6 Å². The molecule has 0 aromatic heterocycles. The lowest BCUT2D eigenvalue weighted by Crippen LogP contribution is -2.39. The minimum atomic E-state index is -0.0934. The first-order chi connectivity index (χ1) is 12.0. The predicted octanol–water partition coefficient (Wildman–Crippen LogP) is 4.27. The van der Waals surface area contributed by atoms with Crippen LogP contribution in [-0.4, -0.2) is 24.6 Å². The summed E-state index contributed by atoms with van der Waals surface area (Å²) < 4.78 is 5.65. The fourth-order valence-electron chi connectivity index (χ4n) is 3.00. The highest BCUT2D eigenvalue weighted by atomic mass is 35.5. The molecule has 3 rings (SSSR count). The maximum absolute atomic E-state index is 13.2. The summed E-state index contributed by atoms with van der Waals surface area (Å²) in [6, 6.07) is 13.4. The van der Waals surface area contributed by atoms with E-state index in [2.05, 4.69) is 12.2 Å². The van der Waals surface area contributed by atoms with E-state index in [0.29, 0.717) is 22.9 Å². The SMILES string of the molecule is CC(C)Oc1ccc(C(=O)N2C[C@@H](C)NCc3ccccc32)c(Cl)c1. The Morgan fingerprint density at radius 2 is 2.04 bits per heavy atom. The number of amides is 1. The van der Waals surface area contributed by atoms with E-state index >= 15 is 0 Å². The molecule has 0 fully saturated rings. The Bertz CT molecular complexity index is 776. The molecule has 0 saturated heterocycles. The quantitative estimate of drug-likeness (QED) is 0.891. The second-order valence-corrected chi connectivity index (χ2v) is 7.04. The van der Waals surface area contributed by atoms with Gasteiger partial charge < -0.3 is 15.0 Å². The fourth-order valence-corrected chi connectivity index (χ4v) is 3.25. The molecule has 0 saturated carbocycles. The molecule has 0 spiro atoms. The number of benzene rings is 2. The summed E-state index contributed by atoms with van der Waals surface area (Å²) in [5, 5.41) is 3.84. The van der Waals surface area contributed by atoms with E-state index in [1.54, 1.807) is 18.2 Å². The first-order valence-corrected chi connectivity index (χ1v) is 8.93. The van der Waals surface area contributed by atoms with Gasteiger partial charge in [-0.3, -0.25) is 4.79 Å². The third-order valence-electron chi connectivity index (χ3n) is 4.17. The summed E-state index contributed by atoms with van der Waals surface area (Å²) in [6.45, 7) is 7.32. The van der Waals surface area contributed by atoms with Crippen LogP contribution in [-0.2, 0) is 6.54 Å². The summed E-state index contributed by atoms with van der Waals surface area (Å²) in [5.41, 5.74) is 2.53. The standard InChI is InChI=1S/C20H23ClN2O2/c1-13(2)25-16-8-9-17(18(21)10-16)20(24)23-12-14(3)22-11-15-6-4-5-7-19(15)23/h4-10,13-14,22H,11-12H2,1-3H3/t14-/m1/s1. The molecule has 4 nitrogen and oxygen atoms in total. The Morgan fingerprint density at radius 3 is 2.76 bits per heavy atom. The van der Waals surface area contributed by atoms with E-state index in [1.807, 2.05) is 43.0 Å². The topological polar surface area (TPSA) is 41.6 Å². The number of carbonyl (C=O) groups is 1. The van der Waals surface area contributed by atoms with Crippen molar-refractivity contribution in [3.05, 3.63) is 58.6 Å². The Labute approximate surface area is 153 Å². The van der Waals surface area contributed by atoms with E-state index < -0.39 is 0 Å². The van der Waals surface area contributed by atoms with Gasteiger partial charge in [-0.2, -0.15) is 0 Å². The van der Waals surface area contributed by atoms with E-state index in [9.17, 15) is 4.79 Å². The van der Waals surface area contributed by atoms with Crippen molar-refractivity contribution in [1.29, 1.82) is 0 Å². The zero-order valence-corrected chi connectivity index (χ0v) is 15.5. The maximum Gasteiger partial charge on any atom is 0.259 e. The second-order valence-electron chi connectivity index (χ2n) is 6.63. The zero-order valence-electron chi connectivity index (χ0n) is 14.8. The van der Waals surface area contributed by atoms with Crippen molar-refractivity contribution in [2.45, 2.75) is 39.5 Å². The molecule has 1 aliphatic rings. The molecule has 2 aromatic rings. The van der Waals surface area contributed by atoms with E-state index in [0.717, 1.165) is 17.8 Å². The second kappa shape index (κ2) is 7.46. The Balaban J connectivity index is 1.94. The van der Waals surface area contributed by atoms with Crippen LogP contribution in [0.15, 0.2) is 42.5 Å². The number of carbonyl (C=O) groups excluding carboxylic acids is 1. The number of hydrogen-bond acceptors (Lipinski definition) is 3. The molecule has 1 aliphatic heterocycles. The highest BCUT2D eigenvalue weighted by Crippen LogP contribution is 2.29. The van der Waals surface area contributed by atoms with Gasteiger partial charge in [0.2, 0.25) is 0 Å². The molecule has 1 amide bonds. The number of halogens is 1. The molecule has 0 bridgehead atoms. The van der Waals surface area contributed by atoms with Gasteiger partial charge in [0.25, 0.3) is 5.91 Å². The van der Waals surface area contributed by atoms with Crippen LogP contribution < -0.4 is 15.0 Å². The molecule has 0 aliphatic carbocycles. The minimum Gasteiger partial charge on any atom is -0.491 e. The van der Waals surface area contributed by atoms with Gasteiger partial charge in [-0.1, -0.05) is 29.8 Å². The Hall–Kier alpha value is -2.04. The number of rotatable bonds is 3. The van der Waals surface area contributed by atoms with Gasteiger partial charge in [-0.15, -0.1) is 0 Å². The number of nitrogens with one attached hydrogen (secondary N) is 1. The molecule has 0 unspecified atom stereocenters. The number of ether oxygens (including phenoxy) is 1. The maximum atomic E-state index is 13.2. The number of nitrogens with zero attached hydrogens (tertiary/aromatic N) is 1. The molecule has 25 heavy (non-hydrogen) atoms. The van der Waals surface area contributed by atoms with Crippen LogP contribution in [0.3, 0.4) is 0 Å². The van der Waals surface area contributed by atoms with Crippen LogP contribution in [0.4, 0.5) is 5.69 Å². The first kappa shape index (κ1) is 17.8. The predicted molar refractivity (Wildman–Crippen MR) is 102 cm³/mol. The number of anilines is 1. The van der Waals surface area contributed by atoms with Gasteiger partial charge in [0, 0.05) is 24.8 Å². The number of fused-ring (bicyclic) bond motifs is 1. The number of para-hydroxylation sites is 1. The van der Waals surface area contributed by atoms with Gasteiger partial charge in [-0.25, -0.2) is 0 Å². The monoisotopic (exact) mass is 358 g/mol. The normalized spacial score (nSPS) is 17.2. The third kappa shape index (κ3) is 3.97. The number of hydrogen-bond donors (Lipinski definition) is 1. The van der Waals surface area contributed by atoms with Crippen LogP contribution in [0.25, 0.3) is 0 Å². The van der Waals surface area contributed by atoms with Gasteiger partial charge in [0.15, 0.2) is 0 Å². The van der Waals surface area contributed by atoms with Crippen molar-refractivity contribution in [3.63, 3.8) is 0 Å². The lowest BCUT2D eigenvalue weighted by Gasteiger charge is -2.25. The molecular formula is C20H23ClN2O2. The molecule has 2 aromatic carbocycles. The van der Waals surface area contributed by atoms with Crippen molar-refractivity contribution in [2.75, 3.05) is 11.4 Å². The van der Waals surface area contributed by atoms with Crippen LogP contribution in [0.5, 0.6) is 5.75 Å². The molecular weight excluding hydrogens is 336 g/mol. The van der Waals surface area contributed by atoms with Crippen molar-refractivity contribution < 1.29 is 9.53 Å². The summed E-state index contributed by atoms with van der Waals surface area (Å²) in [4.78, 5) is 15.0. The molecule has 0 radical (unpaired) electrons. The largest absolute Gasteiger partial charge is 0.491 e. The Morgan fingerprint density at radius 1 is 1.28 bits per heavy atom. The van der Waals surface area contributed by atoms with Crippen molar-refractivity contribution in [2.24, 2.45) is 0 Å². The minimum absolute atomic E-state index is 0.0574. The van der Waals surface area contributed by atoms with Crippen LogP contribution in [0.2, 0.25) is 5.02 Å². The van der Waals surface area contributed by atoms with Gasteiger partial charge in [0.05, 0.1) is 16.7 Å². The van der Waals surface area contributed by atoms with Gasteiger partial charge in [0.1, 0.15) is 5.75 Å². The van der Waals surface area contributed by atoms with Crippen molar-refractivity contribution >= 4 is 23.2 Å². The van der Waals surface area contributed by atoms with E-state index in [4.69, 9.17) is 16.3 Å². The van der Waals surface area contributed by atoms with Gasteiger partial charge in [-0.05, 0) is 50.6 Å². The summed E-state index contributed by atoms with van der Waals surface area (Å²) in [5.74, 6) is 0.576. The van der Waals surface area contributed by atoms with Crippen molar-refractivity contribution in [1.82, 2.24) is 5.32 Å². The molecule has 1 heterocycles. The summed E-state index contributed by atoms with van der Waals surface area (Å²) >= 11 is 6.39. The van der Waals surface area contributed by atoms with Crippen LogP contribution in [0, 0.1) is 0 Å². The average Bonchev–Trinajstić information content (AvgIpc) is 2.73. The Kier molecular flexibility index (Phi) is 5.30. The molecule has 1 atom stereocenters. The summed E-state index contributed by atoms with van der Waals surface area (Å²) in [6.07, 6.45) is 0.0574. The van der Waals surface area contributed by atoms with E-state index in [-0.39, 0.29) is 18.1 Å². The smallest absolute Gasteiger partial charge is 0.259 e. The average molecular weight is 359 g/mol. The summed E-state index contributed by atoms with van der Waals surface area (Å²) in [7, 11) is 0. The van der Waals surface area contributed by atoms with Crippen LogP contribution in [0.1, 0.15) is 36.7 Å². The molecule has 5 heteroatoms. The zero-order chi connectivity index (χ0) is 18.0. The molecule has 1 N–H and O–H groups in total. The third-order valence-corrected chi connectivity index (χ3v) is 4.48. The highest BCUT2D eigenvalue weighted by molar-refractivity contribution is 6.34. The highest BCUT2D eigenvalue weighted by Gasteiger charge is 2.26. The lowest BCUT2D eigenvalue weighted by atomic mass is 10.1. The molecule has 132 valence electrons. The fraction of sp³-hybridized carbons (Fsp3) is 0.350. The van der Waals surface area contributed by atoms with E-state index in [1.165, 1.54) is 0 Å². The lowest BCUT2D eigenvalue weighted by molar-refractivity contribution is 0.0985. The van der Waals surface area contributed by atoms with Gasteiger partial charge >= 0.3 is 0 Å². The first-order valence-electron chi connectivity index (χ1n) is 8.55.